The summed E-state index contributed by atoms with van der Waals surface area (Å²) in [5, 5.41) is 12.9. The number of likely N-dealkylation sites (N-methyl/N-ethyl adjacent to an activating group) is 1. The molecule has 0 amide bonds. The minimum atomic E-state index is -0.768. The summed E-state index contributed by atoms with van der Waals surface area (Å²) in [7, 11) is 1.83. The fraction of sp³-hybridized carbons (Fsp3) is 0.400. The molecule has 0 aliphatic carbocycles. The smallest absolute Gasteiger partial charge is 0.0992 e. The minimum absolute atomic E-state index is 0. The number of rotatable bonds is 3. The summed E-state index contributed by atoms with van der Waals surface area (Å²) >= 11 is 0. The molecule has 1 atom stereocenters. The molecule has 0 aromatic heterocycles. The fourth-order valence-corrected chi connectivity index (χ4v) is 1.24. The van der Waals surface area contributed by atoms with Crippen molar-refractivity contribution in [2.75, 3.05) is 13.6 Å². The zero-order valence-electron chi connectivity index (χ0n) is 7.95. The summed E-state index contributed by atoms with van der Waals surface area (Å²) in [4.78, 5) is 0. The highest BCUT2D eigenvalue weighted by Crippen LogP contribution is 2.18. The van der Waals surface area contributed by atoms with E-state index < -0.39 is 5.60 Å². The van der Waals surface area contributed by atoms with Gasteiger partial charge in [0, 0.05) is 6.54 Å². The average Bonchev–Trinajstić information content (AvgIpc) is 2.06. The lowest BCUT2D eigenvalue weighted by molar-refractivity contribution is 0.0592. The van der Waals surface area contributed by atoms with Gasteiger partial charge in [0.15, 0.2) is 0 Å². The first-order valence-corrected chi connectivity index (χ1v) is 4.09. The predicted molar refractivity (Wildman–Crippen MR) is 57.2 cm³/mol. The van der Waals surface area contributed by atoms with Crippen LogP contribution in [0.2, 0.25) is 0 Å². The van der Waals surface area contributed by atoms with Gasteiger partial charge in [0.2, 0.25) is 0 Å². The van der Waals surface area contributed by atoms with Crippen molar-refractivity contribution in [3.63, 3.8) is 0 Å². The first-order chi connectivity index (χ1) is 5.67. The lowest BCUT2D eigenvalue weighted by atomic mass is 9.96. The molecule has 1 aromatic rings. The maximum Gasteiger partial charge on any atom is 0.0992 e. The molecule has 0 unspecified atom stereocenters. The highest BCUT2D eigenvalue weighted by Gasteiger charge is 2.20. The summed E-state index contributed by atoms with van der Waals surface area (Å²) in [5.74, 6) is 0. The van der Waals surface area contributed by atoms with Gasteiger partial charge in [0.25, 0.3) is 0 Å². The third-order valence-electron chi connectivity index (χ3n) is 1.92. The standard InChI is InChI=1S/C10H15NO.ClH/c1-10(12,8-11-2)9-6-4-3-5-7-9;/h3-7,11-12H,8H2,1-2H3;1H/t10-;/m0./s1. The molecule has 74 valence electrons. The molecule has 0 saturated carbocycles. The number of aliphatic hydroxyl groups is 1. The number of hydrogen-bond donors (Lipinski definition) is 2. The molecule has 1 rings (SSSR count). The highest BCUT2D eigenvalue weighted by atomic mass is 35.5. The van der Waals surface area contributed by atoms with Crippen molar-refractivity contribution in [2.45, 2.75) is 12.5 Å². The van der Waals surface area contributed by atoms with Crippen LogP contribution in [-0.2, 0) is 5.60 Å². The Balaban J connectivity index is 0.00000144. The molecule has 0 heterocycles. The van der Waals surface area contributed by atoms with Gasteiger partial charge in [0.05, 0.1) is 5.60 Å². The van der Waals surface area contributed by atoms with Crippen LogP contribution in [0, 0.1) is 0 Å². The van der Waals surface area contributed by atoms with Crippen molar-refractivity contribution >= 4 is 12.4 Å². The molecular formula is C10H16ClNO. The van der Waals surface area contributed by atoms with Gasteiger partial charge < -0.3 is 10.4 Å². The number of nitrogens with one attached hydrogen (secondary N) is 1. The molecule has 2 N–H and O–H groups in total. The summed E-state index contributed by atoms with van der Waals surface area (Å²) < 4.78 is 0. The molecule has 1 aromatic carbocycles. The van der Waals surface area contributed by atoms with Crippen LogP contribution in [0.4, 0.5) is 0 Å². The van der Waals surface area contributed by atoms with Crippen molar-refractivity contribution < 1.29 is 5.11 Å². The van der Waals surface area contributed by atoms with E-state index in [-0.39, 0.29) is 12.4 Å². The summed E-state index contributed by atoms with van der Waals surface area (Å²) in [6, 6.07) is 9.66. The van der Waals surface area contributed by atoms with Crippen molar-refractivity contribution in [3.05, 3.63) is 35.9 Å². The molecule has 0 fully saturated rings. The second-order valence-electron chi connectivity index (χ2n) is 3.17. The van der Waals surface area contributed by atoms with Crippen molar-refractivity contribution in [1.29, 1.82) is 0 Å². The molecule has 0 saturated heterocycles. The van der Waals surface area contributed by atoms with Crippen LogP contribution in [0.5, 0.6) is 0 Å². The predicted octanol–water partition coefficient (Wildman–Crippen LogP) is 1.54. The largest absolute Gasteiger partial charge is 0.384 e. The number of halogens is 1. The second-order valence-corrected chi connectivity index (χ2v) is 3.17. The fourth-order valence-electron chi connectivity index (χ4n) is 1.24. The normalized spacial score (nSPS) is 14.4. The molecule has 0 spiro atoms. The van der Waals surface area contributed by atoms with Crippen LogP contribution < -0.4 is 5.32 Å². The molecule has 0 aliphatic heterocycles. The van der Waals surface area contributed by atoms with E-state index in [0.717, 1.165) is 5.56 Å². The van der Waals surface area contributed by atoms with E-state index in [2.05, 4.69) is 5.32 Å². The van der Waals surface area contributed by atoms with Gasteiger partial charge in [-0.05, 0) is 19.5 Å². The van der Waals surface area contributed by atoms with Crippen LogP contribution in [-0.4, -0.2) is 18.7 Å². The van der Waals surface area contributed by atoms with E-state index in [9.17, 15) is 5.11 Å². The number of hydrogen-bond acceptors (Lipinski definition) is 2. The lowest BCUT2D eigenvalue weighted by Crippen LogP contribution is -2.33. The average molecular weight is 202 g/mol. The monoisotopic (exact) mass is 201 g/mol. The van der Waals surface area contributed by atoms with E-state index in [4.69, 9.17) is 0 Å². The summed E-state index contributed by atoms with van der Waals surface area (Å²) in [6.07, 6.45) is 0. The van der Waals surface area contributed by atoms with Crippen LogP contribution in [0.1, 0.15) is 12.5 Å². The zero-order valence-corrected chi connectivity index (χ0v) is 8.77. The van der Waals surface area contributed by atoms with E-state index in [1.54, 1.807) is 6.92 Å². The SMILES string of the molecule is CNC[C@](C)(O)c1ccccc1.Cl. The van der Waals surface area contributed by atoms with Crippen LogP contribution in [0.3, 0.4) is 0 Å². The van der Waals surface area contributed by atoms with Gasteiger partial charge >= 0.3 is 0 Å². The molecule has 0 aliphatic rings. The Hall–Kier alpha value is -0.570. The van der Waals surface area contributed by atoms with E-state index in [1.165, 1.54) is 0 Å². The molecular weight excluding hydrogens is 186 g/mol. The Morgan fingerprint density at radius 1 is 1.31 bits per heavy atom. The minimum Gasteiger partial charge on any atom is -0.384 e. The van der Waals surface area contributed by atoms with Gasteiger partial charge in [-0.25, -0.2) is 0 Å². The topological polar surface area (TPSA) is 32.3 Å². The van der Waals surface area contributed by atoms with E-state index in [1.807, 2.05) is 37.4 Å². The van der Waals surface area contributed by atoms with Crippen LogP contribution >= 0.6 is 12.4 Å². The first-order valence-electron chi connectivity index (χ1n) is 4.09. The molecule has 2 nitrogen and oxygen atoms in total. The van der Waals surface area contributed by atoms with Gasteiger partial charge in [-0.3, -0.25) is 0 Å². The van der Waals surface area contributed by atoms with Crippen LogP contribution in [0.15, 0.2) is 30.3 Å². The maximum absolute atomic E-state index is 9.92. The van der Waals surface area contributed by atoms with Crippen molar-refractivity contribution in [2.24, 2.45) is 0 Å². The zero-order chi connectivity index (χ0) is 9.03. The molecule has 13 heavy (non-hydrogen) atoms. The maximum atomic E-state index is 9.92. The molecule has 3 heteroatoms. The van der Waals surface area contributed by atoms with Gasteiger partial charge in [0.1, 0.15) is 0 Å². The lowest BCUT2D eigenvalue weighted by Gasteiger charge is -2.23. The van der Waals surface area contributed by atoms with Crippen molar-refractivity contribution in [1.82, 2.24) is 5.32 Å². The second kappa shape index (κ2) is 5.22. The Morgan fingerprint density at radius 2 is 1.85 bits per heavy atom. The third kappa shape index (κ3) is 3.35. The molecule has 0 radical (unpaired) electrons. The van der Waals surface area contributed by atoms with Gasteiger partial charge in [-0.2, -0.15) is 0 Å². The van der Waals surface area contributed by atoms with Gasteiger partial charge in [-0.15, -0.1) is 12.4 Å². The van der Waals surface area contributed by atoms with E-state index in [0.29, 0.717) is 6.54 Å². The number of benzene rings is 1. The Bertz CT molecular complexity index is 236. The Morgan fingerprint density at radius 3 is 2.31 bits per heavy atom. The highest BCUT2D eigenvalue weighted by molar-refractivity contribution is 5.85. The third-order valence-corrected chi connectivity index (χ3v) is 1.92. The first kappa shape index (κ1) is 12.4. The quantitative estimate of drug-likeness (QED) is 0.778. The summed E-state index contributed by atoms with van der Waals surface area (Å²) in [5.41, 5.74) is 0.176. The Labute approximate surface area is 85.4 Å². The van der Waals surface area contributed by atoms with Crippen LogP contribution in [0.25, 0.3) is 0 Å². The Kier molecular flexibility index (Phi) is 4.99. The van der Waals surface area contributed by atoms with Crippen molar-refractivity contribution in [3.8, 4) is 0 Å². The summed E-state index contributed by atoms with van der Waals surface area (Å²) in [6.45, 7) is 2.37. The van der Waals surface area contributed by atoms with Gasteiger partial charge in [-0.1, -0.05) is 30.3 Å². The van der Waals surface area contributed by atoms with E-state index >= 15 is 0 Å². The molecule has 0 bridgehead atoms.